The van der Waals surface area contributed by atoms with E-state index in [0.717, 1.165) is 16.4 Å². The highest BCUT2D eigenvalue weighted by molar-refractivity contribution is 7.21. The van der Waals surface area contributed by atoms with Crippen molar-refractivity contribution in [3.05, 3.63) is 36.4 Å². The van der Waals surface area contributed by atoms with Crippen LogP contribution in [0.1, 0.15) is 0 Å². The van der Waals surface area contributed by atoms with Gasteiger partial charge >= 0.3 is 0 Å². The molecule has 0 aliphatic heterocycles. The Morgan fingerprint density at radius 2 is 2.06 bits per heavy atom. The van der Waals surface area contributed by atoms with E-state index < -0.39 is 5.95 Å². The van der Waals surface area contributed by atoms with Crippen molar-refractivity contribution in [2.45, 2.75) is 0 Å². The summed E-state index contributed by atoms with van der Waals surface area (Å²) in [6.45, 7) is 0. The third-order valence-corrected chi connectivity index (χ3v) is 3.50. The van der Waals surface area contributed by atoms with Gasteiger partial charge in [0.25, 0.3) is 0 Å². The largest absolute Gasteiger partial charge is 0.373 e. The zero-order valence-corrected chi connectivity index (χ0v) is 10.3. The topological polar surface area (TPSA) is 50.7 Å². The summed E-state index contributed by atoms with van der Waals surface area (Å²) in [5.41, 5.74) is 1.60. The summed E-state index contributed by atoms with van der Waals surface area (Å²) in [4.78, 5) is 13.0. The molecule has 3 rings (SSSR count). The molecule has 0 atom stereocenters. The van der Waals surface area contributed by atoms with Gasteiger partial charge in [0.15, 0.2) is 0 Å². The second kappa shape index (κ2) is 4.30. The number of rotatable bonds is 2. The number of hydrogen-bond acceptors (Lipinski definition) is 5. The molecule has 0 spiro atoms. The summed E-state index contributed by atoms with van der Waals surface area (Å²) in [5, 5.41) is 3.74. The Balaban J connectivity index is 2.07. The third-order valence-electron chi connectivity index (χ3n) is 2.49. The van der Waals surface area contributed by atoms with E-state index in [4.69, 9.17) is 0 Å². The van der Waals surface area contributed by atoms with E-state index in [1.165, 1.54) is 17.4 Å². The number of nitrogens with one attached hydrogen (secondary N) is 1. The van der Waals surface area contributed by atoms with Crippen LogP contribution in [0, 0.1) is 5.95 Å². The van der Waals surface area contributed by atoms with Gasteiger partial charge in [-0.15, -0.1) is 0 Å². The van der Waals surface area contributed by atoms with Crippen LogP contribution in [0.25, 0.3) is 20.9 Å². The maximum atomic E-state index is 13.0. The molecule has 3 aromatic heterocycles. The molecule has 0 aromatic carbocycles. The molecular weight excluding hydrogens is 251 g/mol. The van der Waals surface area contributed by atoms with Crippen molar-refractivity contribution in [1.82, 2.24) is 15.0 Å². The molecule has 0 saturated carbocycles. The molecule has 6 heteroatoms. The highest BCUT2D eigenvalue weighted by Gasteiger charge is 2.08. The predicted molar refractivity (Wildman–Crippen MR) is 70.2 cm³/mol. The Morgan fingerprint density at radius 1 is 1.17 bits per heavy atom. The first kappa shape index (κ1) is 11.0. The van der Waals surface area contributed by atoms with Crippen molar-refractivity contribution in [2.75, 3.05) is 12.4 Å². The minimum absolute atomic E-state index is 0.485. The van der Waals surface area contributed by atoms with Crippen molar-refractivity contribution >= 4 is 27.5 Å². The molecule has 0 bridgehead atoms. The Kier molecular flexibility index (Phi) is 2.64. The lowest BCUT2D eigenvalue weighted by molar-refractivity contribution is 0.589. The normalized spacial score (nSPS) is 10.8. The summed E-state index contributed by atoms with van der Waals surface area (Å²) in [6, 6.07) is 6.74. The van der Waals surface area contributed by atoms with Gasteiger partial charge in [-0.05, 0) is 24.3 Å². The fraction of sp³-hybridized carbons (Fsp3) is 0.0833. The Hall–Kier alpha value is -2.08. The standard InChI is InChI=1S/C12H9FN4S/c1-14-10-5-2-7(6-15-10)11-16-8-3-4-9(13)17-12(8)18-11/h2-6H,1H3,(H,14,15). The second-order valence-electron chi connectivity index (χ2n) is 3.66. The van der Waals surface area contributed by atoms with Gasteiger partial charge in [0.1, 0.15) is 21.2 Å². The fourth-order valence-electron chi connectivity index (χ4n) is 1.59. The monoisotopic (exact) mass is 260 g/mol. The van der Waals surface area contributed by atoms with Gasteiger partial charge in [-0.2, -0.15) is 4.39 Å². The maximum absolute atomic E-state index is 13.0. The average molecular weight is 260 g/mol. The van der Waals surface area contributed by atoms with Crippen LogP contribution >= 0.6 is 11.3 Å². The van der Waals surface area contributed by atoms with Crippen molar-refractivity contribution < 1.29 is 4.39 Å². The second-order valence-corrected chi connectivity index (χ2v) is 4.64. The zero-order chi connectivity index (χ0) is 12.5. The molecule has 4 nitrogen and oxygen atoms in total. The molecule has 0 aliphatic carbocycles. The van der Waals surface area contributed by atoms with Crippen molar-refractivity contribution in [3.8, 4) is 10.6 Å². The number of halogens is 1. The fourth-order valence-corrected chi connectivity index (χ4v) is 2.50. The lowest BCUT2D eigenvalue weighted by atomic mass is 10.3. The summed E-state index contributed by atoms with van der Waals surface area (Å²) >= 11 is 1.36. The van der Waals surface area contributed by atoms with E-state index in [9.17, 15) is 4.39 Å². The first-order chi connectivity index (χ1) is 8.76. The van der Waals surface area contributed by atoms with E-state index >= 15 is 0 Å². The van der Waals surface area contributed by atoms with Gasteiger partial charge in [0.2, 0.25) is 5.95 Å². The molecule has 3 heterocycles. The van der Waals surface area contributed by atoms with E-state index in [1.807, 2.05) is 19.2 Å². The number of anilines is 1. The van der Waals surface area contributed by atoms with Gasteiger partial charge in [-0.1, -0.05) is 11.3 Å². The van der Waals surface area contributed by atoms with Crippen molar-refractivity contribution in [2.24, 2.45) is 0 Å². The van der Waals surface area contributed by atoms with Gasteiger partial charge in [0.05, 0.1) is 0 Å². The van der Waals surface area contributed by atoms with Crippen LogP contribution < -0.4 is 5.32 Å². The Labute approximate surface area is 107 Å². The zero-order valence-electron chi connectivity index (χ0n) is 9.51. The molecule has 0 amide bonds. The molecule has 3 aromatic rings. The average Bonchev–Trinajstić information content (AvgIpc) is 2.81. The molecule has 18 heavy (non-hydrogen) atoms. The number of thiazole rings is 1. The molecule has 90 valence electrons. The minimum Gasteiger partial charge on any atom is -0.373 e. The number of aromatic nitrogens is 3. The molecule has 0 saturated heterocycles. The lowest BCUT2D eigenvalue weighted by Gasteiger charge is -1.99. The predicted octanol–water partition coefficient (Wildman–Crippen LogP) is 2.93. The van der Waals surface area contributed by atoms with Crippen LogP contribution in [0.2, 0.25) is 0 Å². The third kappa shape index (κ3) is 1.91. The lowest BCUT2D eigenvalue weighted by Crippen LogP contribution is -1.90. The smallest absolute Gasteiger partial charge is 0.214 e. The van der Waals surface area contributed by atoms with Crippen LogP contribution in [0.3, 0.4) is 0 Å². The molecule has 0 fully saturated rings. The number of hydrogen-bond donors (Lipinski definition) is 1. The minimum atomic E-state index is -0.485. The number of fused-ring (bicyclic) bond motifs is 1. The molecule has 1 N–H and O–H groups in total. The van der Waals surface area contributed by atoms with Gasteiger partial charge in [0, 0.05) is 18.8 Å². The summed E-state index contributed by atoms with van der Waals surface area (Å²) in [6.07, 6.45) is 1.74. The molecule has 0 aliphatic rings. The maximum Gasteiger partial charge on any atom is 0.214 e. The summed E-state index contributed by atoms with van der Waals surface area (Å²) in [5.74, 6) is 0.311. The van der Waals surface area contributed by atoms with Crippen LogP contribution in [0.5, 0.6) is 0 Å². The highest BCUT2D eigenvalue weighted by Crippen LogP contribution is 2.28. The molecule has 0 unspecified atom stereocenters. The van der Waals surface area contributed by atoms with E-state index in [0.29, 0.717) is 10.3 Å². The van der Waals surface area contributed by atoms with E-state index in [-0.39, 0.29) is 0 Å². The Bertz CT molecular complexity index is 693. The quantitative estimate of drug-likeness (QED) is 0.720. The van der Waals surface area contributed by atoms with Gasteiger partial charge in [-0.3, -0.25) is 0 Å². The molecule has 0 radical (unpaired) electrons. The SMILES string of the molecule is CNc1ccc(-c2nc3ccc(F)nc3s2)cn1. The van der Waals surface area contributed by atoms with Gasteiger partial charge < -0.3 is 5.32 Å². The first-order valence-corrected chi connectivity index (χ1v) is 6.15. The van der Waals surface area contributed by atoms with Crippen LogP contribution in [0.15, 0.2) is 30.5 Å². The summed E-state index contributed by atoms with van der Waals surface area (Å²) < 4.78 is 13.0. The van der Waals surface area contributed by atoms with Crippen LogP contribution in [-0.4, -0.2) is 22.0 Å². The molecular formula is C12H9FN4S. The highest BCUT2D eigenvalue weighted by atomic mass is 32.1. The van der Waals surface area contributed by atoms with Crippen LogP contribution in [-0.2, 0) is 0 Å². The van der Waals surface area contributed by atoms with Crippen molar-refractivity contribution in [3.63, 3.8) is 0 Å². The van der Waals surface area contributed by atoms with E-state index in [2.05, 4.69) is 20.3 Å². The summed E-state index contributed by atoms with van der Waals surface area (Å²) in [7, 11) is 1.81. The number of pyridine rings is 2. The van der Waals surface area contributed by atoms with Crippen LogP contribution in [0.4, 0.5) is 10.2 Å². The van der Waals surface area contributed by atoms with Crippen molar-refractivity contribution in [1.29, 1.82) is 0 Å². The Morgan fingerprint density at radius 3 is 2.78 bits per heavy atom. The number of nitrogens with zero attached hydrogens (tertiary/aromatic N) is 3. The van der Waals surface area contributed by atoms with Gasteiger partial charge in [-0.25, -0.2) is 15.0 Å². The first-order valence-electron chi connectivity index (χ1n) is 5.33. The van der Waals surface area contributed by atoms with E-state index in [1.54, 1.807) is 12.3 Å².